The topological polar surface area (TPSA) is 41.6 Å². The van der Waals surface area contributed by atoms with Gasteiger partial charge in [-0.2, -0.15) is 5.26 Å². The predicted molar refractivity (Wildman–Crippen MR) is 235 cm³/mol. The zero-order valence-corrected chi connectivity index (χ0v) is 30.7. The van der Waals surface area contributed by atoms with Crippen molar-refractivity contribution < 1.29 is 0 Å². The maximum Gasteiger partial charge on any atom is 0.0992 e. The van der Waals surface area contributed by atoms with Crippen LogP contribution in [0.25, 0.3) is 83.1 Å². The van der Waals surface area contributed by atoms with Crippen LogP contribution in [0.15, 0.2) is 194 Å². The summed E-state index contributed by atoms with van der Waals surface area (Å²) < 4.78 is 2.24. The highest BCUT2D eigenvalue weighted by Crippen LogP contribution is 2.40. The molecule has 9 aromatic rings. The molecule has 0 radical (unpaired) electrons. The number of nitrogens with zero attached hydrogens (tertiary/aromatic N) is 3. The summed E-state index contributed by atoms with van der Waals surface area (Å²) in [4.78, 5) is 5.07. The number of hydrogen-bond acceptors (Lipinski definition) is 2. The van der Waals surface area contributed by atoms with Crippen LogP contribution < -0.4 is 0 Å². The molecule has 1 aliphatic rings. The Hall–Kier alpha value is -7.54. The molecule has 56 heavy (non-hydrogen) atoms. The highest BCUT2D eigenvalue weighted by atomic mass is 15.0. The molecule has 0 saturated carbocycles. The number of hydrogen-bond donors (Lipinski definition) is 0. The lowest BCUT2D eigenvalue weighted by molar-refractivity contribution is 1.18. The third kappa shape index (κ3) is 5.64. The van der Waals surface area contributed by atoms with Crippen molar-refractivity contribution in [1.82, 2.24) is 9.55 Å². The molecule has 7 aromatic carbocycles. The molecular weight excluding hydrogens is 679 g/mol. The molecule has 0 amide bonds. The largest absolute Gasteiger partial charge is 0.309 e. The average Bonchev–Trinajstić information content (AvgIpc) is 3.58. The molecule has 0 unspecified atom stereocenters. The summed E-state index contributed by atoms with van der Waals surface area (Å²) in [6.07, 6.45) is 13.6. The van der Waals surface area contributed by atoms with Crippen LogP contribution >= 0.6 is 0 Å². The SMILES string of the molecule is C=C1/C=C\C=C/Cc2cc(-c3cccc4ccccc34)c3ccccc3c2/C=C\1c1ccc(-c2ccc3c4ccc(C#N)cc4n(-c4ccccc4)c3c2)nc1. The van der Waals surface area contributed by atoms with Gasteiger partial charge in [-0.25, -0.2) is 0 Å². The number of benzene rings is 7. The normalized spacial score (nSPS) is 15.0. The Labute approximate surface area is 325 Å². The lowest BCUT2D eigenvalue weighted by Gasteiger charge is -2.18. The van der Waals surface area contributed by atoms with Crippen molar-refractivity contribution in [2.45, 2.75) is 6.42 Å². The minimum atomic E-state index is 0.637. The second kappa shape index (κ2) is 13.7. The number of nitriles is 1. The number of fused-ring (bicyclic) bond motifs is 7. The van der Waals surface area contributed by atoms with E-state index in [4.69, 9.17) is 4.98 Å². The van der Waals surface area contributed by atoms with E-state index in [-0.39, 0.29) is 0 Å². The van der Waals surface area contributed by atoms with E-state index in [0.717, 1.165) is 61.9 Å². The van der Waals surface area contributed by atoms with Crippen molar-refractivity contribution in [1.29, 1.82) is 5.26 Å². The van der Waals surface area contributed by atoms with Gasteiger partial charge in [0, 0.05) is 33.8 Å². The molecule has 3 nitrogen and oxygen atoms in total. The summed E-state index contributed by atoms with van der Waals surface area (Å²) in [7, 11) is 0. The fourth-order valence-electron chi connectivity index (χ4n) is 8.35. The number of aromatic nitrogens is 2. The van der Waals surface area contributed by atoms with Crippen molar-refractivity contribution >= 4 is 55.0 Å². The van der Waals surface area contributed by atoms with Crippen LogP contribution in [0, 0.1) is 11.3 Å². The first-order chi connectivity index (χ1) is 27.6. The fourth-order valence-corrected chi connectivity index (χ4v) is 8.35. The number of para-hydroxylation sites is 1. The maximum atomic E-state index is 9.71. The van der Waals surface area contributed by atoms with Crippen LogP contribution in [0.5, 0.6) is 0 Å². The van der Waals surface area contributed by atoms with Gasteiger partial charge in [0.05, 0.1) is 28.4 Å². The van der Waals surface area contributed by atoms with Gasteiger partial charge in [-0.05, 0) is 110 Å². The molecule has 0 spiro atoms. The van der Waals surface area contributed by atoms with Crippen LogP contribution in [0.3, 0.4) is 0 Å². The van der Waals surface area contributed by atoms with E-state index in [1.807, 2.05) is 36.5 Å². The molecule has 0 N–H and O–H groups in total. The van der Waals surface area contributed by atoms with E-state index in [9.17, 15) is 5.26 Å². The molecule has 0 saturated heterocycles. The molecule has 262 valence electrons. The Morgan fingerprint density at radius 2 is 1.34 bits per heavy atom. The van der Waals surface area contributed by atoms with Crippen LogP contribution in [0.2, 0.25) is 0 Å². The molecule has 10 rings (SSSR count). The van der Waals surface area contributed by atoms with E-state index >= 15 is 0 Å². The Morgan fingerprint density at radius 1 is 0.607 bits per heavy atom. The zero-order chi connectivity index (χ0) is 37.6. The Balaban J connectivity index is 1.10. The van der Waals surface area contributed by atoms with Gasteiger partial charge in [-0.3, -0.25) is 4.98 Å². The van der Waals surface area contributed by atoms with Crippen LogP contribution in [-0.4, -0.2) is 9.55 Å². The Bertz CT molecular complexity index is 3160. The highest BCUT2D eigenvalue weighted by molar-refractivity contribution is 6.11. The van der Waals surface area contributed by atoms with Gasteiger partial charge >= 0.3 is 0 Å². The second-order valence-electron chi connectivity index (χ2n) is 14.3. The van der Waals surface area contributed by atoms with Crippen molar-refractivity contribution in [2.24, 2.45) is 0 Å². The molecule has 1 aliphatic carbocycles. The van der Waals surface area contributed by atoms with Crippen LogP contribution in [0.4, 0.5) is 0 Å². The number of rotatable bonds is 4. The van der Waals surface area contributed by atoms with Crippen LogP contribution in [-0.2, 0) is 6.42 Å². The summed E-state index contributed by atoms with van der Waals surface area (Å²) in [6.45, 7) is 4.54. The third-order valence-electron chi connectivity index (χ3n) is 11.0. The van der Waals surface area contributed by atoms with Gasteiger partial charge in [-0.15, -0.1) is 0 Å². The number of allylic oxidation sites excluding steroid dienone is 6. The minimum absolute atomic E-state index is 0.637. The molecule has 0 aliphatic heterocycles. The van der Waals surface area contributed by atoms with Gasteiger partial charge in [-0.1, -0.05) is 140 Å². The first-order valence-electron chi connectivity index (χ1n) is 18.9. The maximum absolute atomic E-state index is 9.71. The molecule has 3 heteroatoms. The summed E-state index contributed by atoms with van der Waals surface area (Å²) >= 11 is 0. The van der Waals surface area contributed by atoms with Gasteiger partial charge in [0.15, 0.2) is 0 Å². The van der Waals surface area contributed by atoms with Crippen molar-refractivity contribution in [3.63, 3.8) is 0 Å². The number of pyridine rings is 1. The standard InChI is InChI=1S/C53H35N3/c1-35-13-4-2-5-15-38-30-50(43-22-12-16-37-14-8-9-19-42(37)43)45-21-11-10-20-44(45)49(38)32-48(35)40-25-28-51(55-34-40)39-24-27-47-46-26-23-36(33-54)29-52(46)56(53(47)31-39)41-17-6-3-7-18-41/h2-14,16-32,34H,1,15H2/b5-2-,13-4-,48-32+. The Kier molecular flexibility index (Phi) is 8.09. The van der Waals surface area contributed by atoms with Crippen molar-refractivity contribution in [2.75, 3.05) is 0 Å². The molecule has 2 aromatic heterocycles. The minimum Gasteiger partial charge on any atom is -0.309 e. The second-order valence-corrected chi connectivity index (χ2v) is 14.3. The first-order valence-corrected chi connectivity index (χ1v) is 18.9. The highest BCUT2D eigenvalue weighted by Gasteiger charge is 2.18. The van der Waals surface area contributed by atoms with E-state index in [1.54, 1.807) is 0 Å². The summed E-state index contributed by atoms with van der Waals surface area (Å²) in [5.41, 5.74) is 13.6. The predicted octanol–water partition coefficient (Wildman–Crippen LogP) is 13.5. The zero-order valence-electron chi connectivity index (χ0n) is 30.7. The van der Waals surface area contributed by atoms with Crippen LogP contribution in [0.1, 0.15) is 22.3 Å². The van der Waals surface area contributed by atoms with Gasteiger partial charge in [0.1, 0.15) is 0 Å². The van der Waals surface area contributed by atoms with Crippen molar-refractivity contribution in [3.05, 3.63) is 217 Å². The van der Waals surface area contributed by atoms with E-state index in [0.29, 0.717) is 5.56 Å². The van der Waals surface area contributed by atoms with E-state index < -0.39 is 0 Å². The monoisotopic (exact) mass is 713 g/mol. The molecule has 0 fully saturated rings. The molecule has 0 atom stereocenters. The molecule has 2 heterocycles. The van der Waals surface area contributed by atoms with Gasteiger partial charge < -0.3 is 4.57 Å². The summed E-state index contributed by atoms with van der Waals surface area (Å²) in [6, 6.07) is 55.8. The van der Waals surface area contributed by atoms with Crippen molar-refractivity contribution in [3.8, 4) is 34.1 Å². The molecule has 0 bridgehead atoms. The van der Waals surface area contributed by atoms with Gasteiger partial charge in [0.2, 0.25) is 0 Å². The summed E-state index contributed by atoms with van der Waals surface area (Å²) in [5, 5.41) is 16.9. The average molecular weight is 714 g/mol. The third-order valence-corrected chi connectivity index (χ3v) is 11.0. The Morgan fingerprint density at radius 3 is 2.16 bits per heavy atom. The lowest BCUT2D eigenvalue weighted by Crippen LogP contribution is -1.97. The van der Waals surface area contributed by atoms with Gasteiger partial charge in [0.25, 0.3) is 0 Å². The fraction of sp³-hybridized carbons (Fsp3) is 0.0189. The quantitative estimate of drug-likeness (QED) is 0.182. The first kappa shape index (κ1) is 33.1. The molecular formula is C53H35N3. The van der Waals surface area contributed by atoms with E-state index in [2.05, 4.69) is 169 Å². The summed E-state index contributed by atoms with van der Waals surface area (Å²) in [5.74, 6) is 0. The smallest absolute Gasteiger partial charge is 0.0992 e. The van der Waals surface area contributed by atoms with E-state index in [1.165, 1.54) is 43.8 Å². The lowest BCUT2D eigenvalue weighted by atomic mass is 9.86.